The molecule has 1 fully saturated rings. The Kier molecular flexibility index (Phi) is 9.12. The van der Waals surface area contributed by atoms with Gasteiger partial charge < -0.3 is 20.1 Å². The first-order valence-electron chi connectivity index (χ1n) is 12.2. The molecule has 3 rings (SSSR count). The maximum atomic E-state index is 12.3. The lowest BCUT2D eigenvalue weighted by atomic mass is 9.92. The van der Waals surface area contributed by atoms with Gasteiger partial charge in [0.2, 0.25) is 0 Å². The standard InChI is InChI=1S/C27H39N3O3/c1-19(2)23-7-10-26(28-17-23)30-13-11-22(12-14-30)6-5-15-33-24-8-9-25(20(3)16-24)27(32)29-21(4)18-31/h7-10,16-17,19,21-22,31H,5-6,11-15,18H2,1-4H3,(H,29,32)/t21-/m1/s1. The van der Waals surface area contributed by atoms with Crippen LogP contribution in [0.15, 0.2) is 36.5 Å². The number of aryl methyl sites for hydroxylation is 1. The van der Waals surface area contributed by atoms with Crippen LogP contribution in [0.4, 0.5) is 5.82 Å². The maximum Gasteiger partial charge on any atom is 0.251 e. The lowest BCUT2D eigenvalue weighted by Crippen LogP contribution is -2.35. The Morgan fingerprint density at radius 3 is 2.58 bits per heavy atom. The van der Waals surface area contributed by atoms with Gasteiger partial charge in [0, 0.05) is 30.9 Å². The van der Waals surface area contributed by atoms with Crippen LogP contribution in [-0.4, -0.2) is 48.3 Å². The molecule has 180 valence electrons. The van der Waals surface area contributed by atoms with Crippen molar-refractivity contribution in [2.45, 2.75) is 65.3 Å². The van der Waals surface area contributed by atoms with E-state index >= 15 is 0 Å². The first kappa shape index (κ1) is 25.0. The SMILES string of the molecule is Cc1cc(OCCCC2CCN(c3ccc(C(C)C)cn3)CC2)ccc1C(=O)N[C@H](C)CO. The fourth-order valence-corrected chi connectivity index (χ4v) is 4.27. The van der Waals surface area contributed by atoms with Gasteiger partial charge in [-0.15, -0.1) is 0 Å². The van der Waals surface area contributed by atoms with Crippen molar-refractivity contribution in [2.24, 2.45) is 5.92 Å². The molecule has 2 N–H and O–H groups in total. The van der Waals surface area contributed by atoms with Gasteiger partial charge in [0.1, 0.15) is 11.6 Å². The zero-order chi connectivity index (χ0) is 23.8. The summed E-state index contributed by atoms with van der Waals surface area (Å²) in [6.07, 6.45) is 6.61. The minimum atomic E-state index is -0.263. The van der Waals surface area contributed by atoms with E-state index in [1.54, 1.807) is 13.0 Å². The van der Waals surface area contributed by atoms with Crippen LogP contribution in [0, 0.1) is 12.8 Å². The van der Waals surface area contributed by atoms with Gasteiger partial charge in [0.05, 0.1) is 13.2 Å². The molecule has 6 nitrogen and oxygen atoms in total. The van der Waals surface area contributed by atoms with Crippen LogP contribution in [0.5, 0.6) is 5.75 Å². The molecular weight excluding hydrogens is 414 g/mol. The Morgan fingerprint density at radius 2 is 1.97 bits per heavy atom. The predicted octanol–water partition coefficient (Wildman–Crippen LogP) is 4.70. The number of hydrogen-bond donors (Lipinski definition) is 2. The lowest BCUT2D eigenvalue weighted by molar-refractivity contribution is 0.0921. The van der Waals surface area contributed by atoms with Crippen molar-refractivity contribution >= 4 is 11.7 Å². The fourth-order valence-electron chi connectivity index (χ4n) is 4.27. The second-order valence-electron chi connectivity index (χ2n) is 9.56. The number of hydrogen-bond acceptors (Lipinski definition) is 5. The Morgan fingerprint density at radius 1 is 1.21 bits per heavy atom. The number of carbonyl (C=O) groups excluding carboxylic acids is 1. The van der Waals surface area contributed by atoms with E-state index in [4.69, 9.17) is 9.84 Å². The van der Waals surface area contributed by atoms with Crippen molar-refractivity contribution in [1.82, 2.24) is 10.3 Å². The highest BCUT2D eigenvalue weighted by Crippen LogP contribution is 2.26. The number of amides is 1. The van der Waals surface area contributed by atoms with E-state index in [0.717, 1.165) is 42.6 Å². The largest absolute Gasteiger partial charge is 0.494 e. The van der Waals surface area contributed by atoms with Gasteiger partial charge in [0.25, 0.3) is 5.91 Å². The van der Waals surface area contributed by atoms with Gasteiger partial charge in [-0.25, -0.2) is 4.98 Å². The van der Waals surface area contributed by atoms with Crippen LogP contribution in [0.1, 0.15) is 73.9 Å². The highest BCUT2D eigenvalue weighted by Gasteiger charge is 2.20. The molecule has 2 heterocycles. The number of rotatable bonds is 10. The third kappa shape index (κ3) is 7.19. The summed E-state index contributed by atoms with van der Waals surface area (Å²) in [5.41, 5.74) is 2.78. The highest BCUT2D eigenvalue weighted by atomic mass is 16.5. The second-order valence-corrected chi connectivity index (χ2v) is 9.56. The third-order valence-electron chi connectivity index (χ3n) is 6.50. The fraction of sp³-hybridized carbons (Fsp3) is 0.556. The Bertz CT molecular complexity index is 890. The summed E-state index contributed by atoms with van der Waals surface area (Å²) in [6.45, 7) is 10.8. The quantitative estimate of drug-likeness (QED) is 0.510. The molecule has 1 atom stereocenters. The summed E-state index contributed by atoms with van der Waals surface area (Å²) in [5.74, 6) is 2.98. The van der Waals surface area contributed by atoms with Crippen molar-refractivity contribution in [3.8, 4) is 5.75 Å². The average molecular weight is 454 g/mol. The number of anilines is 1. The number of piperidine rings is 1. The molecule has 0 unspecified atom stereocenters. The van der Waals surface area contributed by atoms with Crippen molar-refractivity contribution < 1.29 is 14.6 Å². The van der Waals surface area contributed by atoms with Crippen LogP contribution < -0.4 is 15.0 Å². The molecule has 0 radical (unpaired) electrons. The number of aliphatic hydroxyl groups excluding tert-OH is 1. The Balaban J connectivity index is 1.37. The molecule has 0 aliphatic carbocycles. The molecule has 0 saturated carbocycles. The summed E-state index contributed by atoms with van der Waals surface area (Å²) < 4.78 is 5.94. The normalized spacial score (nSPS) is 15.5. The summed E-state index contributed by atoms with van der Waals surface area (Å²) in [5, 5.41) is 11.9. The van der Waals surface area contributed by atoms with Gasteiger partial charge in [-0.1, -0.05) is 19.9 Å². The summed E-state index contributed by atoms with van der Waals surface area (Å²) in [6, 6.07) is 9.65. The van der Waals surface area contributed by atoms with Gasteiger partial charge in [-0.2, -0.15) is 0 Å². The summed E-state index contributed by atoms with van der Waals surface area (Å²) in [4.78, 5) is 19.3. The highest BCUT2D eigenvalue weighted by molar-refractivity contribution is 5.95. The average Bonchev–Trinajstić information content (AvgIpc) is 2.82. The van der Waals surface area contributed by atoms with Crippen molar-refractivity contribution in [1.29, 1.82) is 0 Å². The minimum Gasteiger partial charge on any atom is -0.494 e. The van der Waals surface area contributed by atoms with E-state index in [2.05, 4.69) is 41.2 Å². The smallest absolute Gasteiger partial charge is 0.251 e. The second kappa shape index (κ2) is 12.0. The maximum absolute atomic E-state index is 12.3. The Labute approximate surface area is 198 Å². The monoisotopic (exact) mass is 453 g/mol. The molecule has 0 bridgehead atoms. The molecule has 1 aliphatic rings. The van der Waals surface area contributed by atoms with Crippen LogP contribution in [-0.2, 0) is 0 Å². The van der Waals surface area contributed by atoms with Gasteiger partial charge in [0.15, 0.2) is 0 Å². The van der Waals surface area contributed by atoms with Crippen molar-refractivity contribution in [2.75, 3.05) is 31.2 Å². The number of nitrogens with zero attached hydrogens (tertiary/aromatic N) is 2. The topological polar surface area (TPSA) is 74.7 Å². The number of ether oxygens (including phenoxy) is 1. The van der Waals surface area contributed by atoms with Crippen molar-refractivity contribution in [3.05, 3.63) is 53.2 Å². The molecule has 0 spiro atoms. The van der Waals surface area contributed by atoms with Crippen LogP contribution in [0.3, 0.4) is 0 Å². The van der Waals surface area contributed by atoms with E-state index in [1.807, 2.05) is 25.3 Å². The first-order valence-corrected chi connectivity index (χ1v) is 12.2. The van der Waals surface area contributed by atoms with E-state index in [1.165, 1.54) is 24.8 Å². The zero-order valence-corrected chi connectivity index (χ0v) is 20.5. The molecule has 2 aromatic rings. The Hall–Kier alpha value is -2.60. The molecule has 6 heteroatoms. The van der Waals surface area contributed by atoms with E-state index < -0.39 is 0 Å². The molecule has 1 saturated heterocycles. The predicted molar refractivity (Wildman–Crippen MR) is 133 cm³/mol. The first-order chi connectivity index (χ1) is 15.9. The number of carbonyl (C=O) groups is 1. The van der Waals surface area contributed by atoms with Gasteiger partial charge in [-0.05, 0) is 86.8 Å². The van der Waals surface area contributed by atoms with Crippen molar-refractivity contribution in [3.63, 3.8) is 0 Å². The van der Waals surface area contributed by atoms with Gasteiger partial charge >= 0.3 is 0 Å². The molecule has 33 heavy (non-hydrogen) atoms. The number of aliphatic hydroxyl groups is 1. The molecular formula is C27H39N3O3. The van der Waals surface area contributed by atoms with Crippen LogP contribution >= 0.6 is 0 Å². The van der Waals surface area contributed by atoms with E-state index in [0.29, 0.717) is 18.1 Å². The van der Waals surface area contributed by atoms with E-state index in [-0.39, 0.29) is 18.6 Å². The molecule has 1 aliphatic heterocycles. The zero-order valence-electron chi connectivity index (χ0n) is 20.5. The summed E-state index contributed by atoms with van der Waals surface area (Å²) in [7, 11) is 0. The molecule has 1 aromatic carbocycles. The number of pyridine rings is 1. The van der Waals surface area contributed by atoms with Crippen LogP contribution in [0.25, 0.3) is 0 Å². The van der Waals surface area contributed by atoms with E-state index in [9.17, 15) is 4.79 Å². The molecule has 1 aromatic heterocycles. The summed E-state index contributed by atoms with van der Waals surface area (Å²) >= 11 is 0. The molecule has 1 amide bonds. The van der Waals surface area contributed by atoms with Gasteiger partial charge in [-0.3, -0.25) is 4.79 Å². The third-order valence-corrected chi connectivity index (χ3v) is 6.50. The number of nitrogens with one attached hydrogen (secondary N) is 1. The van der Waals surface area contributed by atoms with Crippen LogP contribution in [0.2, 0.25) is 0 Å². The lowest BCUT2D eigenvalue weighted by Gasteiger charge is -2.33. The number of benzene rings is 1. The number of aromatic nitrogens is 1. The minimum absolute atomic E-state index is 0.0761.